The van der Waals surface area contributed by atoms with Crippen molar-refractivity contribution in [2.24, 2.45) is 0 Å². The van der Waals surface area contributed by atoms with Crippen LogP contribution in [0, 0.1) is 6.92 Å². The molecule has 2 atom stereocenters. The van der Waals surface area contributed by atoms with Crippen molar-refractivity contribution in [3.05, 3.63) is 21.9 Å². The minimum atomic E-state index is -1.24. The number of rotatable bonds is 5. The maximum absolute atomic E-state index is 11.8. The van der Waals surface area contributed by atoms with Gasteiger partial charge in [0.1, 0.15) is 5.54 Å². The number of nitrogens with one attached hydrogen (secondary N) is 2. The number of urea groups is 1. The molecule has 6 heteroatoms. The molecule has 1 aromatic rings. The maximum Gasteiger partial charge on any atom is 0.329 e. The lowest BCUT2D eigenvalue weighted by molar-refractivity contribution is -0.143. The smallest absolute Gasteiger partial charge is 0.329 e. The molecule has 0 radical (unpaired) electrons. The summed E-state index contributed by atoms with van der Waals surface area (Å²) in [7, 11) is 0. The minimum Gasteiger partial charge on any atom is -0.480 e. The number of hydrogen-bond acceptors (Lipinski definition) is 3. The standard InChI is InChI=1S/C13H20N2O3S/c1-5-13(4,11(16)17)15-12(18)14-9(3)10-7-6-8(2)19-10/h6-7,9H,5H2,1-4H3,(H,16,17)(H2,14,15,18). The van der Waals surface area contributed by atoms with Gasteiger partial charge in [0.2, 0.25) is 0 Å². The van der Waals surface area contributed by atoms with Gasteiger partial charge in [0.15, 0.2) is 0 Å². The monoisotopic (exact) mass is 284 g/mol. The number of carboxylic acid groups (broad SMARTS) is 1. The van der Waals surface area contributed by atoms with Crippen LogP contribution in [0.5, 0.6) is 0 Å². The van der Waals surface area contributed by atoms with Gasteiger partial charge >= 0.3 is 12.0 Å². The van der Waals surface area contributed by atoms with Crippen molar-refractivity contribution < 1.29 is 14.7 Å². The highest BCUT2D eigenvalue weighted by Crippen LogP contribution is 2.22. The fraction of sp³-hybridized carbons (Fsp3) is 0.538. The normalized spacial score (nSPS) is 15.4. The maximum atomic E-state index is 11.8. The van der Waals surface area contributed by atoms with E-state index in [1.54, 1.807) is 18.3 Å². The molecule has 1 aromatic heterocycles. The van der Waals surface area contributed by atoms with Crippen LogP contribution in [-0.2, 0) is 4.79 Å². The number of carbonyl (C=O) groups is 2. The van der Waals surface area contributed by atoms with Gasteiger partial charge in [0.25, 0.3) is 0 Å². The number of carbonyl (C=O) groups excluding carboxylic acids is 1. The molecule has 1 rings (SSSR count). The third kappa shape index (κ3) is 3.96. The number of aliphatic carboxylic acids is 1. The van der Waals surface area contributed by atoms with Crippen LogP contribution in [0.3, 0.4) is 0 Å². The zero-order valence-corrected chi connectivity index (χ0v) is 12.4. The zero-order chi connectivity index (χ0) is 14.6. The summed E-state index contributed by atoms with van der Waals surface area (Å²) in [4.78, 5) is 25.2. The van der Waals surface area contributed by atoms with Gasteiger partial charge in [-0.1, -0.05) is 6.92 Å². The van der Waals surface area contributed by atoms with Gasteiger partial charge in [0, 0.05) is 9.75 Å². The van der Waals surface area contributed by atoms with Crippen molar-refractivity contribution >= 4 is 23.3 Å². The molecule has 1 heterocycles. The molecule has 0 aliphatic heterocycles. The van der Waals surface area contributed by atoms with Crippen LogP contribution < -0.4 is 10.6 Å². The Balaban J connectivity index is 2.63. The third-order valence-electron chi connectivity index (χ3n) is 3.10. The minimum absolute atomic E-state index is 0.145. The fourth-order valence-corrected chi connectivity index (χ4v) is 2.41. The van der Waals surface area contributed by atoms with E-state index in [9.17, 15) is 9.59 Å². The first-order valence-corrected chi connectivity index (χ1v) is 6.98. The Kier molecular flexibility index (Phi) is 4.94. The Morgan fingerprint density at radius 1 is 1.47 bits per heavy atom. The second-order valence-corrected chi connectivity index (χ2v) is 6.08. The highest BCUT2D eigenvalue weighted by Gasteiger charge is 2.33. The summed E-state index contributed by atoms with van der Waals surface area (Å²) in [5.41, 5.74) is -1.24. The number of carboxylic acids is 1. The van der Waals surface area contributed by atoms with Gasteiger partial charge in [-0.2, -0.15) is 0 Å². The van der Waals surface area contributed by atoms with E-state index < -0.39 is 17.5 Å². The van der Waals surface area contributed by atoms with Crippen molar-refractivity contribution in [3.8, 4) is 0 Å². The molecule has 106 valence electrons. The van der Waals surface area contributed by atoms with E-state index in [1.165, 1.54) is 11.8 Å². The average molecular weight is 284 g/mol. The Morgan fingerprint density at radius 2 is 2.11 bits per heavy atom. The molecule has 19 heavy (non-hydrogen) atoms. The average Bonchev–Trinajstić information content (AvgIpc) is 2.75. The van der Waals surface area contributed by atoms with E-state index in [-0.39, 0.29) is 6.04 Å². The molecule has 0 bridgehead atoms. The zero-order valence-electron chi connectivity index (χ0n) is 11.6. The second-order valence-electron chi connectivity index (χ2n) is 4.76. The summed E-state index contributed by atoms with van der Waals surface area (Å²) >= 11 is 1.61. The summed E-state index contributed by atoms with van der Waals surface area (Å²) in [5, 5.41) is 14.4. The van der Waals surface area contributed by atoms with E-state index in [1.807, 2.05) is 26.0 Å². The van der Waals surface area contributed by atoms with Gasteiger partial charge < -0.3 is 15.7 Å². The molecule has 0 fully saturated rings. The van der Waals surface area contributed by atoms with Crippen molar-refractivity contribution in [1.82, 2.24) is 10.6 Å². The van der Waals surface area contributed by atoms with Crippen LogP contribution in [0.25, 0.3) is 0 Å². The van der Waals surface area contributed by atoms with Crippen molar-refractivity contribution in [3.63, 3.8) is 0 Å². The molecule has 0 spiro atoms. The molecule has 0 aliphatic rings. The second kappa shape index (κ2) is 6.06. The summed E-state index contributed by atoms with van der Waals surface area (Å²) in [6.07, 6.45) is 0.322. The van der Waals surface area contributed by atoms with Crippen molar-refractivity contribution in [1.29, 1.82) is 0 Å². The van der Waals surface area contributed by atoms with E-state index >= 15 is 0 Å². The molecule has 0 aliphatic carbocycles. The van der Waals surface area contributed by atoms with E-state index in [0.29, 0.717) is 6.42 Å². The predicted molar refractivity (Wildman–Crippen MR) is 75.5 cm³/mol. The molecule has 2 unspecified atom stereocenters. The first-order valence-electron chi connectivity index (χ1n) is 6.17. The van der Waals surface area contributed by atoms with E-state index in [0.717, 1.165) is 4.88 Å². The molecule has 0 aromatic carbocycles. The summed E-state index contributed by atoms with van der Waals surface area (Å²) in [5.74, 6) is -1.04. The topological polar surface area (TPSA) is 78.4 Å². The van der Waals surface area contributed by atoms with Crippen LogP contribution >= 0.6 is 11.3 Å². The third-order valence-corrected chi connectivity index (χ3v) is 4.29. The fourth-order valence-electron chi connectivity index (χ4n) is 1.53. The molecular formula is C13H20N2O3S. The molecule has 0 saturated heterocycles. The Morgan fingerprint density at radius 3 is 2.53 bits per heavy atom. The van der Waals surface area contributed by atoms with Gasteiger partial charge in [-0.25, -0.2) is 9.59 Å². The van der Waals surface area contributed by atoms with Crippen LogP contribution in [0.15, 0.2) is 12.1 Å². The summed E-state index contributed by atoms with van der Waals surface area (Å²) in [6.45, 7) is 7.09. The Labute approximate surface area is 117 Å². The summed E-state index contributed by atoms with van der Waals surface area (Å²) < 4.78 is 0. The van der Waals surface area contributed by atoms with E-state index in [4.69, 9.17) is 5.11 Å². The largest absolute Gasteiger partial charge is 0.480 e. The molecular weight excluding hydrogens is 264 g/mol. The number of aryl methyl sites for hydroxylation is 1. The van der Waals surface area contributed by atoms with Crippen LogP contribution in [0.2, 0.25) is 0 Å². The molecule has 2 amide bonds. The lowest BCUT2D eigenvalue weighted by atomic mass is 10.00. The van der Waals surface area contributed by atoms with Gasteiger partial charge in [-0.15, -0.1) is 11.3 Å². The Bertz CT molecular complexity index is 472. The Hall–Kier alpha value is -1.56. The first-order chi connectivity index (χ1) is 8.78. The number of amides is 2. The SMILES string of the molecule is CCC(C)(NC(=O)NC(C)c1ccc(C)s1)C(=O)O. The first kappa shape index (κ1) is 15.5. The van der Waals surface area contributed by atoms with Crippen LogP contribution in [-0.4, -0.2) is 22.6 Å². The van der Waals surface area contributed by atoms with Crippen LogP contribution in [0.4, 0.5) is 4.79 Å². The van der Waals surface area contributed by atoms with Gasteiger partial charge in [-0.3, -0.25) is 0 Å². The highest BCUT2D eigenvalue weighted by molar-refractivity contribution is 7.12. The quantitative estimate of drug-likeness (QED) is 0.778. The lowest BCUT2D eigenvalue weighted by Crippen LogP contribution is -2.55. The van der Waals surface area contributed by atoms with Crippen molar-refractivity contribution in [2.75, 3.05) is 0 Å². The number of thiophene rings is 1. The summed E-state index contributed by atoms with van der Waals surface area (Å²) in [6, 6.07) is 3.34. The molecule has 5 nitrogen and oxygen atoms in total. The number of hydrogen-bond donors (Lipinski definition) is 3. The lowest BCUT2D eigenvalue weighted by Gasteiger charge is -2.25. The van der Waals surface area contributed by atoms with Gasteiger partial charge in [0.05, 0.1) is 6.04 Å². The molecule has 0 saturated carbocycles. The van der Waals surface area contributed by atoms with Crippen molar-refractivity contribution in [2.45, 2.75) is 45.7 Å². The van der Waals surface area contributed by atoms with E-state index in [2.05, 4.69) is 10.6 Å². The van der Waals surface area contributed by atoms with Gasteiger partial charge in [-0.05, 0) is 39.3 Å². The van der Waals surface area contributed by atoms with Crippen LogP contribution in [0.1, 0.15) is 43.0 Å². The predicted octanol–water partition coefficient (Wildman–Crippen LogP) is 2.67. The molecule has 3 N–H and O–H groups in total. The highest BCUT2D eigenvalue weighted by atomic mass is 32.1.